The van der Waals surface area contributed by atoms with Gasteiger partial charge in [-0.25, -0.2) is 12.7 Å². The molecular weight excluding hydrogens is 272 g/mol. The number of benzene rings is 1. The van der Waals surface area contributed by atoms with Crippen molar-refractivity contribution in [3.8, 4) is 0 Å². The molecule has 1 aliphatic rings. The first-order valence-corrected chi connectivity index (χ1v) is 8.67. The Bertz CT molecular complexity index is 563. The number of aryl methyl sites for hydroxylation is 1. The third kappa shape index (κ3) is 3.33. The number of nitrogens with two attached hydrogens (primary N) is 1. The van der Waals surface area contributed by atoms with Gasteiger partial charge in [0.2, 0.25) is 10.0 Å². The smallest absolute Gasteiger partial charge is 0.243 e. The van der Waals surface area contributed by atoms with Gasteiger partial charge in [-0.3, -0.25) is 0 Å². The first kappa shape index (κ1) is 15.3. The molecule has 2 rings (SSSR count). The van der Waals surface area contributed by atoms with Crippen LogP contribution in [0.15, 0.2) is 23.1 Å². The van der Waals surface area contributed by atoms with Gasteiger partial charge >= 0.3 is 0 Å². The monoisotopic (exact) mass is 296 g/mol. The maximum absolute atomic E-state index is 12.6. The Balaban J connectivity index is 2.16. The average molecular weight is 296 g/mol. The molecule has 0 unspecified atom stereocenters. The van der Waals surface area contributed by atoms with E-state index in [0.29, 0.717) is 28.6 Å². The second kappa shape index (κ2) is 6.14. The Labute approximate surface area is 122 Å². The zero-order chi connectivity index (χ0) is 14.8. The highest BCUT2D eigenvalue weighted by atomic mass is 32.2. The molecule has 112 valence electrons. The van der Waals surface area contributed by atoms with Crippen molar-refractivity contribution in [3.63, 3.8) is 0 Å². The summed E-state index contributed by atoms with van der Waals surface area (Å²) in [6, 6.07) is 4.97. The minimum absolute atomic E-state index is 0.366. The third-order valence-corrected chi connectivity index (χ3v) is 6.11. The van der Waals surface area contributed by atoms with Crippen molar-refractivity contribution in [1.29, 1.82) is 0 Å². The molecule has 2 N–H and O–H groups in total. The molecule has 0 aliphatic heterocycles. The molecule has 0 saturated heterocycles. The summed E-state index contributed by atoms with van der Waals surface area (Å²) in [5, 5.41) is 0. The fraction of sp³-hybridized carbons (Fsp3) is 0.600. The van der Waals surface area contributed by atoms with E-state index in [1.807, 2.05) is 0 Å². The van der Waals surface area contributed by atoms with Gasteiger partial charge in [-0.2, -0.15) is 0 Å². The lowest BCUT2D eigenvalue weighted by molar-refractivity contribution is 0.300. The third-order valence-electron chi connectivity index (χ3n) is 4.13. The predicted molar refractivity (Wildman–Crippen MR) is 82.0 cm³/mol. The van der Waals surface area contributed by atoms with E-state index in [2.05, 4.69) is 0 Å². The molecule has 5 heteroatoms. The normalized spacial score (nSPS) is 17.6. The van der Waals surface area contributed by atoms with Crippen LogP contribution >= 0.6 is 0 Å². The second-order valence-electron chi connectivity index (χ2n) is 5.81. The van der Waals surface area contributed by atoms with Crippen LogP contribution in [0.4, 0.5) is 5.69 Å². The number of hydrogen-bond donors (Lipinski definition) is 1. The zero-order valence-electron chi connectivity index (χ0n) is 12.3. The Hall–Kier alpha value is -1.07. The molecule has 0 spiro atoms. The van der Waals surface area contributed by atoms with E-state index in [4.69, 9.17) is 5.73 Å². The summed E-state index contributed by atoms with van der Waals surface area (Å²) < 4.78 is 26.7. The molecule has 0 heterocycles. The number of anilines is 1. The number of nitrogen functional groups attached to an aromatic ring is 1. The van der Waals surface area contributed by atoms with Gasteiger partial charge < -0.3 is 5.73 Å². The van der Waals surface area contributed by atoms with Crippen molar-refractivity contribution in [1.82, 2.24) is 4.31 Å². The van der Waals surface area contributed by atoms with E-state index < -0.39 is 10.0 Å². The van der Waals surface area contributed by atoms with E-state index in [9.17, 15) is 8.42 Å². The van der Waals surface area contributed by atoms with Gasteiger partial charge in [0.25, 0.3) is 0 Å². The zero-order valence-corrected chi connectivity index (χ0v) is 13.1. The number of nitrogens with zero attached hydrogens (tertiary/aromatic N) is 1. The number of rotatable bonds is 4. The van der Waals surface area contributed by atoms with Crippen molar-refractivity contribution in [2.45, 2.75) is 43.9 Å². The predicted octanol–water partition coefficient (Wildman–Crippen LogP) is 2.78. The number of hydrogen-bond acceptors (Lipinski definition) is 3. The summed E-state index contributed by atoms with van der Waals surface area (Å²) >= 11 is 0. The minimum Gasteiger partial charge on any atom is -0.399 e. The summed E-state index contributed by atoms with van der Waals surface area (Å²) in [5.41, 5.74) is 6.99. The summed E-state index contributed by atoms with van der Waals surface area (Å²) in [4.78, 5) is 0.366. The van der Waals surface area contributed by atoms with Crippen LogP contribution in [-0.4, -0.2) is 26.3 Å². The molecule has 0 radical (unpaired) electrons. The first-order valence-electron chi connectivity index (χ1n) is 7.23. The molecule has 1 aromatic rings. The average Bonchev–Trinajstić information content (AvgIpc) is 2.39. The molecule has 0 amide bonds. The lowest BCUT2D eigenvalue weighted by Crippen LogP contribution is -2.33. The highest BCUT2D eigenvalue weighted by Crippen LogP contribution is 2.27. The van der Waals surface area contributed by atoms with E-state index in [0.717, 1.165) is 12.8 Å². The van der Waals surface area contributed by atoms with Crippen LogP contribution in [0.2, 0.25) is 0 Å². The standard InChI is InChI=1S/C15H24N2O2S/c1-12-10-14(16)8-9-15(12)20(18,19)17(2)11-13-6-4-3-5-7-13/h8-10,13H,3-7,11,16H2,1-2H3. The van der Waals surface area contributed by atoms with Crippen molar-refractivity contribution in [2.24, 2.45) is 5.92 Å². The lowest BCUT2D eigenvalue weighted by Gasteiger charge is -2.27. The van der Waals surface area contributed by atoms with Gasteiger partial charge in [-0.15, -0.1) is 0 Å². The van der Waals surface area contributed by atoms with Crippen LogP contribution in [0.5, 0.6) is 0 Å². The molecule has 0 atom stereocenters. The Morgan fingerprint density at radius 1 is 1.25 bits per heavy atom. The molecule has 1 aromatic carbocycles. The quantitative estimate of drug-likeness (QED) is 0.869. The number of sulfonamides is 1. The molecule has 20 heavy (non-hydrogen) atoms. The van der Waals surface area contributed by atoms with Gasteiger partial charge in [0.05, 0.1) is 4.90 Å². The molecule has 0 bridgehead atoms. The Morgan fingerprint density at radius 3 is 2.50 bits per heavy atom. The fourth-order valence-corrected chi connectivity index (χ4v) is 4.41. The van der Waals surface area contributed by atoms with Crippen molar-refractivity contribution in [3.05, 3.63) is 23.8 Å². The molecule has 1 fully saturated rings. The van der Waals surface area contributed by atoms with Crippen LogP contribution in [0, 0.1) is 12.8 Å². The van der Waals surface area contributed by atoms with E-state index in [-0.39, 0.29) is 0 Å². The van der Waals surface area contributed by atoms with Crippen LogP contribution in [0.1, 0.15) is 37.7 Å². The summed E-state index contributed by atoms with van der Waals surface area (Å²) in [6.45, 7) is 2.41. The summed E-state index contributed by atoms with van der Waals surface area (Å²) in [5.74, 6) is 0.498. The molecule has 1 aliphatic carbocycles. The highest BCUT2D eigenvalue weighted by molar-refractivity contribution is 7.89. The first-order chi connectivity index (χ1) is 9.41. The van der Waals surface area contributed by atoms with Crippen LogP contribution in [-0.2, 0) is 10.0 Å². The van der Waals surface area contributed by atoms with Crippen molar-refractivity contribution in [2.75, 3.05) is 19.3 Å². The van der Waals surface area contributed by atoms with E-state index in [1.54, 1.807) is 32.2 Å². The van der Waals surface area contributed by atoms with Gasteiger partial charge in [-0.1, -0.05) is 19.3 Å². The second-order valence-corrected chi connectivity index (χ2v) is 7.83. The maximum Gasteiger partial charge on any atom is 0.243 e. The maximum atomic E-state index is 12.6. The van der Waals surface area contributed by atoms with Gasteiger partial charge in [-0.05, 0) is 49.4 Å². The topological polar surface area (TPSA) is 63.4 Å². The van der Waals surface area contributed by atoms with Crippen LogP contribution in [0.25, 0.3) is 0 Å². The minimum atomic E-state index is -3.41. The Kier molecular flexibility index (Phi) is 4.70. The fourth-order valence-electron chi connectivity index (χ4n) is 2.96. The van der Waals surface area contributed by atoms with Crippen molar-refractivity contribution < 1.29 is 8.42 Å². The van der Waals surface area contributed by atoms with E-state index in [1.165, 1.54) is 23.6 Å². The van der Waals surface area contributed by atoms with Crippen molar-refractivity contribution >= 4 is 15.7 Å². The van der Waals surface area contributed by atoms with E-state index >= 15 is 0 Å². The Morgan fingerprint density at radius 2 is 1.90 bits per heavy atom. The highest BCUT2D eigenvalue weighted by Gasteiger charge is 2.26. The summed E-state index contributed by atoms with van der Waals surface area (Å²) in [6.07, 6.45) is 6.00. The SMILES string of the molecule is Cc1cc(N)ccc1S(=O)(=O)N(C)CC1CCCCC1. The molecular formula is C15H24N2O2S. The van der Waals surface area contributed by atoms with Crippen LogP contribution < -0.4 is 5.73 Å². The molecule has 0 aromatic heterocycles. The lowest BCUT2D eigenvalue weighted by atomic mass is 9.89. The van der Waals surface area contributed by atoms with Gasteiger partial charge in [0.1, 0.15) is 0 Å². The summed E-state index contributed by atoms with van der Waals surface area (Å²) in [7, 11) is -1.73. The van der Waals surface area contributed by atoms with Gasteiger partial charge in [0, 0.05) is 19.3 Å². The largest absolute Gasteiger partial charge is 0.399 e. The van der Waals surface area contributed by atoms with Gasteiger partial charge in [0.15, 0.2) is 0 Å². The molecule has 1 saturated carbocycles. The molecule has 4 nitrogen and oxygen atoms in total. The van der Waals surface area contributed by atoms with Crippen LogP contribution in [0.3, 0.4) is 0 Å².